The molecule has 0 spiro atoms. The third-order valence-electron chi connectivity index (χ3n) is 4.39. The summed E-state index contributed by atoms with van der Waals surface area (Å²) in [6.45, 7) is 2.77. The average molecular weight is 456 g/mol. The van der Waals surface area contributed by atoms with Crippen LogP contribution in [0.2, 0.25) is 0 Å². The summed E-state index contributed by atoms with van der Waals surface area (Å²) in [5.41, 5.74) is 1.87. The van der Waals surface area contributed by atoms with Crippen LogP contribution in [-0.4, -0.2) is 46.0 Å². The largest absolute Gasteiger partial charge is 0.493 e. The van der Waals surface area contributed by atoms with Crippen LogP contribution < -0.4 is 20.1 Å². The number of anilines is 1. The molecular formula is C22H25N5O4S. The van der Waals surface area contributed by atoms with Crippen molar-refractivity contribution in [1.29, 1.82) is 0 Å². The minimum atomic E-state index is -0.248. The van der Waals surface area contributed by atoms with Crippen molar-refractivity contribution in [3.63, 3.8) is 0 Å². The number of methoxy groups -OCH3 is 1. The Kier molecular flexibility index (Phi) is 8.09. The van der Waals surface area contributed by atoms with E-state index < -0.39 is 0 Å². The molecule has 0 aliphatic rings. The lowest BCUT2D eigenvalue weighted by Crippen LogP contribution is -2.23. The Balaban J connectivity index is 1.55. The Morgan fingerprint density at radius 1 is 1.16 bits per heavy atom. The van der Waals surface area contributed by atoms with Crippen LogP contribution in [0.15, 0.2) is 53.9 Å². The van der Waals surface area contributed by atoms with Crippen molar-refractivity contribution in [3.8, 4) is 11.5 Å². The zero-order valence-electron chi connectivity index (χ0n) is 18.1. The second kappa shape index (κ2) is 11.2. The predicted octanol–water partition coefficient (Wildman–Crippen LogP) is 2.88. The summed E-state index contributed by atoms with van der Waals surface area (Å²) in [7, 11) is 3.39. The van der Waals surface area contributed by atoms with Gasteiger partial charge in [-0.25, -0.2) is 0 Å². The number of benzene rings is 2. The van der Waals surface area contributed by atoms with Crippen LogP contribution in [-0.2, 0) is 18.4 Å². The first-order valence-corrected chi connectivity index (χ1v) is 10.9. The zero-order chi connectivity index (χ0) is 22.9. The van der Waals surface area contributed by atoms with Gasteiger partial charge < -0.3 is 24.7 Å². The summed E-state index contributed by atoms with van der Waals surface area (Å²) < 4.78 is 12.6. The Morgan fingerprint density at radius 2 is 2.00 bits per heavy atom. The van der Waals surface area contributed by atoms with Gasteiger partial charge in [-0.05, 0) is 42.8 Å². The first kappa shape index (κ1) is 23.1. The zero-order valence-corrected chi connectivity index (χ0v) is 18.9. The van der Waals surface area contributed by atoms with Gasteiger partial charge in [-0.3, -0.25) is 9.59 Å². The van der Waals surface area contributed by atoms with Crippen LogP contribution in [0.4, 0.5) is 5.69 Å². The number of amides is 2. The smallest absolute Gasteiger partial charge is 0.251 e. The van der Waals surface area contributed by atoms with Crippen molar-refractivity contribution in [1.82, 2.24) is 20.1 Å². The van der Waals surface area contributed by atoms with Crippen LogP contribution in [0.3, 0.4) is 0 Å². The molecule has 0 fully saturated rings. The highest BCUT2D eigenvalue weighted by Crippen LogP contribution is 2.28. The molecule has 0 saturated heterocycles. The molecule has 1 heterocycles. The number of carbonyl (C=O) groups is 2. The second-order valence-corrected chi connectivity index (χ2v) is 7.69. The molecule has 0 saturated carbocycles. The van der Waals surface area contributed by atoms with Gasteiger partial charge in [0.2, 0.25) is 5.91 Å². The Hall–Kier alpha value is -3.53. The van der Waals surface area contributed by atoms with Gasteiger partial charge in [0.25, 0.3) is 5.91 Å². The van der Waals surface area contributed by atoms with Gasteiger partial charge in [0.1, 0.15) is 6.33 Å². The van der Waals surface area contributed by atoms with Gasteiger partial charge >= 0.3 is 0 Å². The van der Waals surface area contributed by atoms with E-state index in [0.29, 0.717) is 41.1 Å². The molecule has 3 rings (SSSR count). The predicted molar refractivity (Wildman–Crippen MR) is 122 cm³/mol. The summed E-state index contributed by atoms with van der Waals surface area (Å²) in [5, 5.41) is 14.0. The van der Waals surface area contributed by atoms with Crippen LogP contribution >= 0.6 is 11.8 Å². The van der Waals surface area contributed by atoms with Crippen LogP contribution in [0.25, 0.3) is 0 Å². The fraction of sp³-hybridized carbons (Fsp3) is 0.273. The van der Waals surface area contributed by atoms with E-state index >= 15 is 0 Å². The molecule has 0 unspecified atom stereocenters. The average Bonchev–Trinajstić information content (AvgIpc) is 3.21. The standard InChI is InChI=1S/C22H25N5O4S/c1-4-31-18-9-8-15(10-19(18)30-3)12-23-21(29)16-6-5-7-17(11-16)25-20(28)13-32-22-26-24-14-27(22)2/h5-11,14H,4,12-13H2,1-3H3,(H,23,29)(H,25,28). The van der Waals surface area contributed by atoms with E-state index in [-0.39, 0.29) is 17.6 Å². The highest BCUT2D eigenvalue weighted by atomic mass is 32.2. The third kappa shape index (κ3) is 6.24. The summed E-state index contributed by atoms with van der Waals surface area (Å²) in [6, 6.07) is 12.3. The van der Waals surface area contributed by atoms with E-state index in [1.807, 2.05) is 32.2 Å². The molecule has 1 aromatic heterocycles. The lowest BCUT2D eigenvalue weighted by molar-refractivity contribution is -0.113. The highest BCUT2D eigenvalue weighted by molar-refractivity contribution is 7.99. The minimum Gasteiger partial charge on any atom is -0.493 e. The first-order valence-electron chi connectivity index (χ1n) is 9.94. The Bertz CT molecular complexity index is 1090. The number of nitrogens with zero attached hydrogens (tertiary/aromatic N) is 3. The lowest BCUT2D eigenvalue weighted by Gasteiger charge is -2.12. The number of thioether (sulfide) groups is 1. The number of hydrogen-bond donors (Lipinski definition) is 2. The van der Waals surface area contributed by atoms with Gasteiger partial charge in [-0.15, -0.1) is 10.2 Å². The topological polar surface area (TPSA) is 107 Å². The quantitative estimate of drug-likeness (QED) is 0.453. The number of rotatable bonds is 10. The second-order valence-electron chi connectivity index (χ2n) is 6.74. The molecule has 32 heavy (non-hydrogen) atoms. The van der Waals surface area contributed by atoms with E-state index in [1.54, 1.807) is 42.3 Å². The molecule has 168 valence electrons. The van der Waals surface area contributed by atoms with Crippen molar-refractivity contribution in [2.45, 2.75) is 18.6 Å². The van der Waals surface area contributed by atoms with Crippen LogP contribution in [0, 0.1) is 0 Å². The monoisotopic (exact) mass is 455 g/mol. The number of aryl methyl sites for hydroxylation is 1. The number of aromatic nitrogens is 3. The maximum atomic E-state index is 12.6. The van der Waals surface area contributed by atoms with Gasteiger partial charge in [-0.1, -0.05) is 23.9 Å². The first-order chi connectivity index (χ1) is 15.5. The van der Waals surface area contributed by atoms with Crippen molar-refractivity contribution in [3.05, 3.63) is 59.9 Å². The molecule has 0 atom stereocenters. The van der Waals surface area contributed by atoms with Crippen molar-refractivity contribution >= 4 is 29.3 Å². The molecule has 2 N–H and O–H groups in total. The molecule has 0 radical (unpaired) electrons. The minimum absolute atomic E-state index is 0.183. The van der Waals surface area contributed by atoms with Gasteiger partial charge in [0.05, 0.1) is 19.5 Å². The molecular weight excluding hydrogens is 430 g/mol. The maximum absolute atomic E-state index is 12.6. The van der Waals surface area contributed by atoms with E-state index in [2.05, 4.69) is 20.8 Å². The molecule has 0 bridgehead atoms. The van der Waals surface area contributed by atoms with Crippen LogP contribution in [0.1, 0.15) is 22.8 Å². The molecule has 0 aliphatic heterocycles. The van der Waals surface area contributed by atoms with Crippen molar-refractivity contribution in [2.75, 3.05) is 24.8 Å². The Labute approximate surface area is 190 Å². The molecule has 0 aliphatic carbocycles. The maximum Gasteiger partial charge on any atom is 0.251 e. The molecule has 9 nitrogen and oxygen atoms in total. The van der Waals surface area contributed by atoms with Gasteiger partial charge in [-0.2, -0.15) is 0 Å². The fourth-order valence-electron chi connectivity index (χ4n) is 2.85. The number of carbonyl (C=O) groups excluding carboxylic acids is 2. The van der Waals surface area contributed by atoms with Crippen LogP contribution in [0.5, 0.6) is 11.5 Å². The normalized spacial score (nSPS) is 10.5. The number of nitrogens with one attached hydrogen (secondary N) is 2. The van der Waals surface area contributed by atoms with E-state index in [4.69, 9.17) is 9.47 Å². The van der Waals surface area contributed by atoms with E-state index in [1.165, 1.54) is 11.8 Å². The van der Waals surface area contributed by atoms with Gasteiger partial charge in [0, 0.05) is 24.8 Å². The number of hydrogen-bond acceptors (Lipinski definition) is 7. The molecule has 2 amide bonds. The fourth-order valence-corrected chi connectivity index (χ4v) is 3.54. The van der Waals surface area contributed by atoms with Crippen molar-refractivity contribution in [2.24, 2.45) is 7.05 Å². The van der Waals surface area contributed by atoms with E-state index in [0.717, 1.165) is 5.56 Å². The van der Waals surface area contributed by atoms with Crippen molar-refractivity contribution < 1.29 is 19.1 Å². The Morgan fingerprint density at radius 3 is 2.72 bits per heavy atom. The summed E-state index contributed by atoms with van der Waals surface area (Å²) in [5.74, 6) is 1.01. The van der Waals surface area contributed by atoms with Gasteiger partial charge in [0.15, 0.2) is 16.7 Å². The number of ether oxygens (including phenoxy) is 2. The lowest BCUT2D eigenvalue weighted by atomic mass is 10.1. The summed E-state index contributed by atoms with van der Waals surface area (Å²) >= 11 is 1.28. The summed E-state index contributed by atoms with van der Waals surface area (Å²) in [4.78, 5) is 24.8. The van der Waals surface area contributed by atoms with E-state index in [9.17, 15) is 9.59 Å². The third-order valence-corrected chi connectivity index (χ3v) is 5.43. The molecule has 2 aromatic carbocycles. The molecule has 3 aromatic rings. The SMILES string of the molecule is CCOc1ccc(CNC(=O)c2cccc(NC(=O)CSc3nncn3C)c2)cc1OC. The molecule has 10 heteroatoms. The summed E-state index contributed by atoms with van der Waals surface area (Å²) in [6.07, 6.45) is 1.58. The highest BCUT2D eigenvalue weighted by Gasteiger charge is 2.11.